The van der Waals surface area contributed by atoms with Gasteiger partial charge in [-0.3, -0.25) is 9.68 Å². The zero-order chi connectivity index (χ0) is 16.1. The first-order valence-corrected chi connectivity index (χ1v) is 10.1. The van der Waals surface area contributed by atoms with Gasteiger partial charge >= 0.3 is 24.1 Å². The smallest absolute Gasteiger partial charge is 0.325 e. The van der Waals surface area contributed by atoms with E-state index >= 15 is 0 Å². The van der Waals surface area contributed by atoms with Gasteiger partial charge in [-0.1, -0.05) is 0 Å². The minimum Gasteiger partial charge on any atom is -0.325 e. The first-order valence-electron chi connectivity index (χ1n) is 5.92. The average Bonchev–Trinajstić information content (AvgIpc) is 2.54. The molecule has 0 N–H and O–H groups in total. The molecule has 10 nitrogen and oxygen atoms in total. The van der Waals surface area contributed by atoms with Gasteiger partial charge in [-0.25, -0.2) is 0 Å². The zero-order valence-corrected chi connectivity index (χ0v) is 15.9. The molecule has 0 saturated carbocycles. The lowest BCUT2D eigenvalue weighted by atomic mass is 10.9. The predicted molar refractivity (Wildman–Crippen MR) is 80.5 cm³/mol. The summed E-state index contributed by atoms with van der Waals surface area (Å²) in [6, 6.07) is 0. The molecule has 0 amide bonds. The molecule has 1 aliphatic rings. The van der Waals surface area contributed by atoms with Gasteiger partial charge in [0.25, 0.3) is 0 Å². The van der Waals surface area contributed by atoms with E-state index in [9.17, 15) is 0 Å². The van der Waals surface area contributed by atoms with Crippen molar-refractivity contribution < 1.29 is 32.3 Å². The van der Waals surface area contributed by atoms with Crippen LogP contribution in [0, 0.1) is 0 Å². The van der Waals surface area contributed by atoms with Crippen LogP contribution in [0.5, 0.6) is 0 Å². The third-order valence-corrected chi connectivity index (χ3v) is 10.9. The summed E-state index contributed by atoms with van der Waals surface area (Å²) in [4.78, 5) is 11.1. The van der Waals surface area contributed by atoms with Crippen molar-refractivity contribution in [1.82, 2.24) is 9.21 Å². The maximum absolute atomic E-state index is 5.67. The van der Waals surface area contributed by atoms with Gasteiger partial charge < -0.3 is 13.6 Å². The van der Waals surface area contributed by atoms with E-state index in [1.807, 2.05) is 6.92 Å². The first kappa shape index (κ1) is 19.8. The second-order valence-corrected chi connectivity index (χ2v) is 10.4. The highest BCUT2D eigenvalue weighted by Gasteiger charge is 2.71. The topological polar surface area (TPSA) is 83.5 Å². The average molecular weight is 366 g/mol. The molecule has 0 fully saturated rings. The highest BCUT2D eigenvalue weighted by atomic mass is 31.3. The molecule has 21 heavy (non-hydrogen) atoms. The molecule has 1 aliphatic heterocycles. The second kappa shape index (κ2) is 8.55. The fraction of sp³-hybridized carbons (Fsp3) is 1.00. The molecule has 1 rings (SSSR count). The Labute approximate surface area is 127 Å². The Morgan fingerprint density at radius 1 is 1.05 bits per heavy atom. The molecule has 0 spiro atoms. The van der Waals surface area contributed by atoms with Crippen LogP contribution < -0.4 is 0 Å². The maximum atomic E-state index is 5.67. The summed E-state index contributed by atoms with van der Waals surface area (Å²) < 4.78 is 35.0. The monoisotopic (exact) mass is 366 g/mol. The van der Waals surface area contributed by atoms with Crippen molar-refractivity contribution >= 4 is 24.1 Å². The lowest BCUT2D eigenvalue weighted by Gasteiger charge is -2.41. The van der Waals surface area contributed by atoms with E-state index < -0.39 is 24.1 Å². The molecule has 0 aromatic carbocycles. The van der Waals surface area contributed by atoms with Crippen molar-refractivity contribution in [2.45, 2.75) is 6.92 Å². The molecule has 0 radical (unpaired) electrons. The highest BCUT2D eigenvalue weighted by molar-refractivity contribution is 7.83. The lowest BCUT2D eigenvalue weighted by molar-refractivity contribution is -0.0875. The van der Waals surface area contributed by atoms with Gasteiger partial charge in [-0.05, 0) is 6.92 Å². The van der Waals surface area contributed by atoms with Crippen LogP contribution in [0.4, 0.5) is 0 Å². The molecular formula is C8H23N3O7P3+. The van der Waals surface area contributed by atoms with Crippen molar-refractivity contribution in [2.75, 3.05) is 49.3 Å². The molecule has 0 aliphatic carbocycles. The largest absolute Gasteiger partial charge is 0.503 e. The number of rotatable bonds is 8. The van der Waals surface area contributed by atoms with Gasteiger partial charge in [0.1, 0.15) is 4.60 Å². The normalized spacial score (nSPS) is 25.8. The Bertz CT molecular complexity index is 376. The van der Waals surface area contributed by atoms with Crippen LogP contribution >= 0.6 is 24.1 Å². The van der Waals surface area contributed by atoms with E-state index in [0.29, 0.717) is 6.61 Å². The molecule has 0 bridgehead atoms. The minimum atomic E-state index is -2.98. The SMILES string of the molecule is CCON1P(OC)(OC)=NP(OC)N(OC)[P+]1(OC)OC. The maximum Gasteiger partial charge on any atom is 0.503 e. The summed E-state index contributed by atoms with van der Waals surface area (Å²) in [5.41, 5.74) is 0. The zero-order valence-electron chi connectivity index (χ0n) is 13.2. The van der Waals surface area contributed by atoms with Crippen LogP contribution in [0.3, 0.4) is 0 Å². The Morgan fingerprint density at radius 2 is 1.62 bits per heavy atom. The van der Waals surface area contributed by atoms with Gasteiger partial charge in [-0.15, -0.1) is 0 Å². The van der Waals surface area contributed by atoms with Crippen molar-refractivity contribution in [3.8, 4) is 0 Å². The Kier molecular flexibility index (Phi) is 8.05. The van der Waals surface area contributed by atoms with E-state index in [1.54, 1.807) is 0 Å². The van der Waals surface area contributed by atoms with Gasteiger partial charge in [-0.2, -0.15) is 13.6 Å². The third kappa shape index (κ3) is 3.33. The molecule has 13 heteroatoms. The summed E-state index contributed by atoms with van der Waals surface area (Å²) in [5, 5.41) is 0. The highest BCUT2D eigenvalue weighted by Crippen LogP contribution is 2.87. The molecular weight excluding hydrogens is 343 g/mol. The first-order chi connectivity index (χ1) is 10.0. The standard InChI is InChI=1S/C8H23N3O7P3/c1-8-18-11-20(14-4,15-5)9-19(13-3)10(12-2)21(11,16-6)17-7/h8H2,1-7H3/q+1. The minimum absolute atomic E-state index is 0.348. The van der Waals surface area contributed by atoms with E-state index in [4.69, 9.17) is 32.3 Å². The van der Waals surface area contributed by atoms with Crippen molar-refractivity contribution in [2.24, 2.45) is 4.52 Å². The van der Waals surface area contributed by atoms with Gasteiger partial charge in [0.05, 0.1) is 32.5 Å². The molecule has 126 valence electrons. The Hall–Kier alpha value is 0.730. The van der Waals surface area contributed by atoms with Crippen LogP contribution in [0.2, 0.25) is 0 Å². The summed E-state index contributed by atoms with van der Waals surface area (Å²) in [5.74, 6) is 0. The van der Waals surface area contributed by atoms with E-state index in [-0.39, 0.29) is 0 Å². The van der Waals surface area contributed by atoms with E-state index in [0.717, 1.165) is 0 Å². The summed E-state index contributed by atoms with van der Waals surface area (Å²) in [6.07, 6.45) is 0. The summed E-state index contributed by atoms with van der Waals surface area (Å²) in [7, 11) is 1.46. The Morgan fingerprint density at radius 3 is 1.95 bits per heavy atom. The third-order valence-electron chi connectivity index (χ3n) is 2.51. The molecule has 0 aromatic heterocycles. The van der Waals surface area contributed by atoms with Crippen LogP contribution in [0.1, 0.15) is 6.92 Å². The van der Waals surface area contributed by atoms with Gasteiger partial charge in [0.2, 0.25) is 0 Å². The fourth-order valence-corrected chi connectivity index (χ4v) is 10.8. The van der Waals surface area contributed by atoms with E-state index in [1.165, 1.54) is 51.9 Å². The summed E-state index contributed by atoms with van der Waals surface area (Å²) >= 11 is 0. The number of nitrogens with zero attached hydrogens (tertiary/aromatic N) is 3. The van der Waals surface area contributed by atoms with Crippen LogP contribution in [-0.4, -0.2) is 58.5 Å². The molecule has 1 atom stereocenters. The second-order valence-electron chi connectivity index (χ2n) is 3.34. The van der Waals surface area contributed by atoms with Gasteiger partial charge in [0.15, 0.2) is 0 Å². The predicted octanol–water partition coefficient (Wildman–Crippen LogP) is 3.20. The number of hydrogen-bond donors (Lipinski definition) is 0. The molecule has 0 aromatic rings. The van der Waals surface area contributed by atoms with Crippen LogP contribution in [0.25, 0.3) is 0 Å². The number of hydrogen-bond acceptors (Lipinski definition) is 10. The van der Waals surface area contributed by atoms with Crippen molar-refractivity contribution in [3.63, 3.8) is 0 Å². The molecule has 1 unspecified atom stereocenters. The van der Waals surface area contributed by atoms with Gasteiger partial charge in [0, 0.05) is 21.3 Å². The van der Waals surface area contributed by atoms with Crippen molar-refractivity contribution in [1.29, 1.82) is 0 Å². The fourth-order valence-electron chi connectivity index (χ4n) is 1.65. The molecule has 1 heterocycles. The van der Waals surface area contributed by atoms with Crippen molar-refractivity contribution in [3.05, 3.63) is 0 Å². The lowest BCUT2D eigenvalue weighted by Crippen LogP contribution is -2.36. The molecule has 0 saturated heterocycles. The Balaban J connectivity index is 3.53. The van der Waals surface area contributed by atoms with E-state index in [2.05, 4.69) is 4.52 Å². The van der Waals surface area contributed by atoms with Crippen LogP contribution in [0.15, 0.2) is 4.52 Å². The quantitative estimate of drug-likeness (QED) is 0.601. The van der Waals surface area contributed by atoms with Crippen LogP contribution in [-0.2, 0) is 32.3 Å². The summed E-state index contributed by atoms with van der Waals surface area (Å²) in [6.45, 7) is 2.17.